The molecule has 3 rings (SSSR count). The summed E-state index contributed by atoms with van der Waals surface area (Å²) in [6.45, 7) is -0.781. The lowest BCUT2D eigenvalue weighted by Gasteiger charge is -2.23. The Morgan fingerprint density at radius 1 is 1.12 bits per heavy atom. The normalized spacial score (nSPS) is 13.4. The van der Waals surface area contributed by atoms with Crippen molar-refractivity contribution in [1.82, 2.24) is 9.97 Å². The third-order valence-corrected chi connectivity index (χ3v) is 4.46. The van der Waals surface area contributed by atoms with Crippen molar-refractivity contribution in [3.63, 3.8) is 0 Å². The van der Waals surface area contributed by atoms with Crippen LogP contribution in [0.3, 0.4) is 0 Å². The Kier molecular flexibility index (Phi) is 5.41. The number of fused-ring (bicyclic) bond motifs is 1. The zero-order chi connectivity index (χ0) is 18.8. The summed E-state index contributed by atoms with van der Waals surface area (Å²) in [5.41, 5.74) is 0.745. The van der Waals surface area contributed by atoms with Gasteiger partial charge in [-0.25, -0.2) is 27.5 Å². The number of carbonyl (C=O) groups excluding carboxylic acids is 1. The Balaban J connectivity index is 2.02. The van der Waals surface area contributed by atoms with Crippen molar-refractivity contribution in [2.75, 3.05) is 10.8 Å². The van der Waals surface area contributed by atoms with Gasteiger partial charge in [-0.1, -0.05) is 0 Å². The summed E-state index contributed by atoms with van der Waals surface area (Å²) >= 11 is 5.57. The summed E-state index contributed by atoms with van der Waals surface area (Å²) in [5.74, 6) is -7.62. The van der Waals surface area contributed by atoms with Gasteiger partial charge in [-0.3, -0.25) is 9.69 Å². The number of hydrogen-bond acceptors (Lipinski definition) is 3. The standard InChI is InChI=1S/C17H14ClF4N3O/c18-6-14(26)25(8-10-15(21)11(19)5-12(20)16(10)22)17-23-7-9-3-1-2-4-13(9)24-17/h5,7H,1-4,6,8H2. The quantitative estimate of drug-likeness (QED) is 0.457. The van der Waals surface area contributed by atoms with Crippen LogP contribution in [0, 0.1) is 23.3 Å². The van der Waals surface area contributed by atoms with Gasteiger partial charge < -0.3 is 0 Å². The number of nitrogens with zero attached hydrogens (tertiary/aromatic N) is 3. The van der Waals surface area contributed by atoms with E-state index in [1.807, 2.05) is 0 Å². The van der Waals surface area contributed by atoms with Crippen molar-refractivity contribution in [3.8, 4) is 0 Å². The topological polar surface area (TPSA) is 46.1 Å². The molecule has 138 valence electrons. The molecule has 0 spiro atoms. The number of alkyl halides is 1. The number of aromatic nitrogens is 2. The zero-order valence-corrected chi connectivity index (χ0v) is 14.3. The average molecular weight is 388 g/mol. The molecule has 0 radical (unpaired) electrons. The molecule has 2 aromatic rings. The monoisotopic (exact) mass is 387 g/mol. The summed E-state index contributed by atoms with van der Waals surface area (Å²) in [7, 11) is 0. The minimum Gasteiger partial charge on any atom is -0.275 e. The van der Waals surface area contributed by atoms with Gasteiger partial charge in [0.15, 0.2) is 23.3 Å². The van der Waals surface area contributed by atoms with E-state index >= 15 is 0 Å². The lowest BCUT2D eigenvalue weighted by molar-refractivity contribution is -0.116. The van der Waals surface area contributed by atoms with Crippen LogP contribution in [0.2, 0.25) is 0 Å². The van der Waals surface area contributed by atoms with Gasteiger partial charge in [-0.05, 0) is 31.2 Å². The summed E-state index contributed by atoms with van der Waals surface area (Å²) in [4.78, 5) is 21.3. The smallest absolute Gasteiger partial charge is 0.244 e. The molecule has 1 aliphatic carbocycles. The minimum atomic E-state index is -1.57. The number of amides is 1. The first-order chi connectivity index (χ1) is 12.4. The highest BCUT2D eigenvalue weighted by Crippen LogP contribution is 2.25. The Labute approximate surface area is 151 Å². The predicted octanol–water partition coefficient (Wildman–Crippen LogP) is 3.68. The molecule has 1 aromatic carbocycles. The SMILES string of the molecule is O=C(CCl)N(Cc1c(F)c(F)cc(F)c1F)c1ncc2c(n1)CCCC2. The Hall–Kier alpha value is -2.22. The third-order valence-electron chi connectivity index (χ3n) is 4.23. The van der Waals surface area contributed by atoms with E-state index in [1.165, 1.54) is 0 Å². The van der Waals surface area contributed by atoms with Crippen LogP contribution in [0.5, 0.6) is 0 Å². The maximum atomic E-state index is 14.0. The minimum absolute atomic E-state index is 0.108. The number of rotatable bonds is 4. The zero-order valence-electron chi connectivity index (χ0n) is 13.5. The molecule has 0 bridgehead atoms. The molecule has 9 heteroatoms. The van der Waals surface area contributed by atoms with E-state index in [0.29, 0.717) is 6.42 Å². The predicted molar refractivity (Wildman–Crippen MR) is 86.9 cm³/mol. The van der Waals surface area contributed by atoms with Crippen molar-refractivity contribution >= 4 is 23.5 Å². The van der Waals surface area contributed by atoms with Crippen LogP contribution in [0.25, 0.3) is 0 Å². The number of hydrogen-bond donors (Lipinski definition) is 0. The number of carbonyl (C=O) groups is 1. The lowest BCUT2D eigenvalue weighted by Crippen LogP contribution is -2.34. The number of aryl methyl sites for hydroxylation is 2. The molecule has 0 saturated carbocycles. The molecular formula is C17H14ClF4N3O. The van der Waals surface area contributed by atoms with Crippen LogP contribution >= 0.6 is 11.6 Å². The third kappa shape index (κ3) is 3.51. The summed E-state index contributed by atoms with van der Waals surface area (Å²) < 4.78 is 54.8. The van der Waals surface area contributed by atoms with Crippen molar-refractivity contribution in [2.24, 2.45) is 0 Å². The number of anilines is 1. The lowest BCUT2D eigenvalue weighted by atomic mass is 9.98. The first-order valence-electron chi connectivity index (χ1n) is 7.95. The van der Waals surface area contributed by atoms with E-state index in [1.54, 1.807) is 6.20 Å². The molecule has 0 unspecified atom stereocenters. The number of halogens is 5. The van der Waals surface area contributed by atoms with Crippen molar-refractivity contribution in [3.05, 3.63) is 52.4 Å². The van der Waals surface area contributed by atoms with E-state index < -0.39 is 47.2 Å². The van der Waals surface area contributed by atoms with Gasteiger partial charge in [0.1, 0.15) is 5.88 Å². The highest BCUT2D eigenvalue weighted by molar-refractivity contribution is 6.29. The molecule has 0 atom stereocenters. The van der Waals surface area contributed by atoms with Crippen LogP contribution in [0.1, 0.15) is 29.7 Å². The van der Waals surface area contributed by atoms with Gasteiger partial charge in [0, 0.05) is 23.5 Å². The van der Waals surface area contributed by atoms with E-state index in [-0.39, 0.29) is 12.0 Å². The molecule has 0 saturated heterocycles. The first kappa shape index (κ1) is 18.6. The molecule has 1 aliphatic rings. The van der Waals surface area contributed by atoms with Gasteiger partial charge in [-0.2, -0.15) is 0 Å². The van der Waals surface area contributed by atoms with Gasteiger partial charge in [0.2, 0.25) is 11.9 Å². The maximum Gasteiger partial charge on any atom is 0.244 e. The van der Waals surface area contributed by atoms with E-state index in [4.69, 9.17) is 11.6 Å². The first-order valence-corrected chi connectivity index (χ1v) is 8.48. The van der Waals surface area contributed by atoms with Crippen LogP contribution in [0.15, 0.2) is 12.3 Å². The van der Waals surface area contributed by atoms with Gasteiger partial charge in [0.05, 0.1) is 6.54 Å². The molecular weight excluding hydrogens is 374 g/mol. The van der Waals surface area contributed by atoms with Crippen LogP contribution in [-0.4, -0.2) is 21.8 Å². The van der Waals surface area contributed by atoms with Crippen LogP contribution in [-0.2, 0) is 24.2 Å². The summed E-state index contributed by atoms with van der Waals surface area (Å²) in [6.07, 6.45) is 4.96. The second-order valence-corrected chi connectivity index (χ2v) is 6.18. The average Bonchev–Trinajstić information content (AvgIpc) is 2.65. The second kappa shape index (κ2) is 7.57. The second-order valence-electron chi connectivity index (χ2n) is 5.91. The van der Waals surface area contributed by atoms with Gasteiger partial charge in [-0.15, -0.1) is 11.6 Å². The van der Waals surface area contributed by atoms with Crippen LogP contribution in [0.4, 0.5) is 23.5 Å². The molecule has 0 fully saturated rings. The highest BCUT2D eigenvalue weighted by Gasteiger charge is 2.26. The van der Waals surface area contributed by atoms with Crippen molar-refractivity contribution in [1.29, 1.82) is 0 Å². The molecule has 4 nitrogen and oxygen atoms in total. The molecule has 0 N–H and O–H groups in total. The van der Waals surface area contributed by atoms with E-state index in [0.717, 1.165) is 35.4 Å². The van der Waals surface area contributed by atoms with Crippen molar-refractivity contribution in [2.45, 2.75) is 32.2 Å². The maximum absolute atomic E-state index is 14.0. The largest absolute Gasteiger partial charge is 0.275 e. The summed E-state index contributed by atoms with van der Waals surface area (Å²) in [6, 6.07) is 0.108. The van der Waals surface area contributed by atoms with E-state index in [9.17, 15) is 22.4 Å². The van der Waals surface area contributed by atoms with Gasteiger partial charge >= 0.3 is 0 Å². The molecule has 1 amide bonds. The van der Waals surface area contributed by atoms with E-state index in [2.05, 4.69) is 9.97 Å². The fourth-order valence-electron chi connectivity index (χ4n) is 2.86. The molecule has 26 heavy (non-hydrogen) atoms. The summed E-state index contributed by atoms with van der Waals surface area (Å²) in [5, 5.41) is 0. The molecule has 1 aromatic heterocycles. The highest BCUT2D eigenvalue weighted by atomic mass is 35.5. The molecule has 1 heterocycles. The Bertz CT molecular complexity index is 836. The van der Waals surface area contributed by atoms with Gasteiger partial charge in [0.25, 0.3) is 0 Å². The van der Waals surface area contributed by atoms with Crippen LogP contribution < -0.4 is 4.90 Å². The Morgan fingerprint density at radius 3 is 2.42 bits per heavy atom. The fourth-order valence-corrected chi connectivity index (χ4v) is 3.00. The Morgan fingerprint density at radius 2 is 1.77 bits per heavy atom. The number of benzene rings is 1. The fraction of sp³-hybridized carbons (Fsp3) is 0.353. The molecule has 0 aliphatic heterocycles. The van der Waals surface area contributed by atoms with Crippen molar-refractivity contribution < 1.29 is 22.4 Å².